The van der Waals surface area contributed by atoms with E-state index in [2.05, 4.69) is 43.0 Å². The molecule has 1 aliphatic heterocycles. The van der Waals surface area contributed by atoms with Crippen LogP contribution in [-0.4, -0.2) is 30.6 Å². The Kier molecular flexibility index (Phi) is 5.44. The van der Waals surface area contributed by atoms with Crippen molar-refractivity contribution in [3.05, 3.63) is 29.8 Å². The molecule has 3 nitrogen and oxygen atoms in total. The second-order valence-electron chi connectivity index (χ2n) is 5.92. The normalized spacial score (nSPS) is 24.1. The third-order valence-electron chi connectivity index (χ3n) is 4.29. The molecule has 1 aromatic carbocycles. The minimum Gasteiger partial charge on any atom is -0.494 e. The maximum atomic E-state index is 6.02. The zero-order chi connectivity index (χ0) is 14.5. The maximum absolute atomic E-state index is 6.02. The van der Waals surface area contributed by atoms with Crippen molar-refractivity contribution in [1.82, 2.24) is 4.90 Å². The summed E-state index contributed by atoms with van der Waals surface area (Å²) in [4.78, 5) is 2.59. The second-order valence-corrected chi connectivity index (χ2v) is 5.92. The van der Waals surface area contributed by atoms with E-state index >= 15 is 0 Å². The first-order chi connectivity index (χ1) is 9.67. The Labute approximate surface area is 123 Å². The van der Waals surface area contributed by atoms with Crippen LogP contribution in [0.25, 0.3) is 0 Å². The van der Waals surface area contributed by atoms with E-state index in [1.165, 1.54) is 24.9 Å². The lowest BCUT2D eigenvalue weighted by molar-refractivity contribution is 0.0665. The number of hydrogen-bond donors (Lipinski definition) is 1. The maximum Gasteiger partial charge on any atom is 0.119 e. The highest BCUT2D eigenvalue weighted by Gasteiger charge is 2.32. The van der Waals surface area contributed by atoms with Crippen LogP contribution in [0.15, 0.2) is 24.3 Å². The molecule has 0 radical (unpaired) electrons. The molecule has 1 heterocycles. The number of hydrogen-bond acceptors (Lipinski definition) is 3. The Morgan fingerprint density at radius 3 is 2.55 bits per heavy atom. The van der Waals surface area contributed by atoms with Gasteiger partial charge in [0.1, 0.15) is 5.75 Å². The average molecular weight is 276 g/mol. The molecule has 0 aliphatic carbocycles. The van der Waals surface area contributed by atoms with Gasteiger partial charge < -0.3 is 10.5 Å². The Morgan fingerprint density at radius 1 is 1.30 bits per heavy atom. The Hall–Kier alpha value is -1.06. The molecule has 0 bridgehead atoms. The van der Waals surface area contributed by atoms with Crippen LogP contribution < -0.4 is 10.5 Å². The van der Waals surface area contributed by atoms with Gasteiger partial charge in [-0.3, -0.25) is 4.90 Å². The summed E-state index contributed by atoms with van der Waals surface area (Å²) in [6.45, 7) is 9.22. The molecule has 1 aromatic rings. The van der Waals surface area contributed by atoms with Crippen molar-refractivity contribution in [2.45, 2.75) is 45.7 Å². The number of rotatable bonds is 5. The molecule has 0 saturated carbocycles. The molecule has 2 rings (SSSR count). The summed E-state index contributed by atoms with van der Waals surface area (Å²) in [5.41, 5.74) is 7.39. The summed E-state index contributed by atoms with van der Waals surface area (Å²) in [6.07, 6.45) is 2.49. The topological polar surface area (TPSA) is 38.5 Å². The molecule has 0 amide bonds. The zero-order valence-corrected chi connectivity index (χ0v) is 13.0. The Bertz CT molecular complexity index is 402. The molecule has 1 fully saturated rings. The highest BCUT2D eigenvalue weighted by molar-refractivity contribution is 5.30. The van der Waals surface area contributed by atoms with Gasteiger partial charge in [0.15, 0.2) is 0 Å². The van der Waals surface area contributed by atoms with Gasteiger partial charge in [-0.25, -0.2) is 0 Å². The minimum absolute atomic E-state index is 0.449. The molecule has 112 valence electrons. The van der Waals surface area contributed by atoms with Crippen LogP contribution in [0.2, 0.25) is 0 Å². The molecular formula is C17H28N2O. The largest absolute Gasteiger partial charge is 0.494 e. The van der Waals surface area contributed by atoms with Gasteiger partial charge in [0.05, 0.1) is 6.61 Å². The summed E-state index contributed by atoms with van der Waals surface area (Å²) in [5.74, 6) is 1.51. The fourth-order valence-electron chi connectivity index (χ4n) is 3.32. The van der Waals surface area contributed by atoms with Gasteiger partial charge in [-0.1, -0.05) is 12.1 Å². The molecule has 2 unspecified atom stereocenters. The van der Waals surface area contributed by atoms with Crippen molar-refractivity contribution in [2.24, 2.45) is 11.7 Å². The fourth-order valence-corrected chi connectivity index (χ4v) is 3.32. The van der Waals surface area contributed by atoms with Gasteiger partial charge in [0.25, 0.3) is 0 Å². The van der Waals surface area contributed by atoms with E-state index in [-0.39, 0.29) is 0 Å². The fraction of sp³-hybridized carbons (Fsp3) is 0.647. The summed E-state index contributed by atoms with van der Waals surface area (Å²) in [6, 6.07) is 9.59. The third kappa shape index (κ3) is 3.33. The van der Waals surface area contributed by atoms with E-state index in [1.807, 2.05) is 6.92 Å². The molecule has 0 aromatic heterocycles. The van der Waals surface area contributed by atoms with Crippen molar-refractivity contribution < 1.29 is 4.74 Å². The van der Waals surface area contributed by atoms with Crippen molar-refractivity contribution in [3.63, 3.8) is 0 Å². The molecule has 1 saturated heterocycles. The van der Waals surface area contributed by atoms with E-state index in [4.69, 9.17) is 10.5 Å². The molecule has 1 aliphatic rings. The van der Waals surface area contributed by atoms with Gasteiger partial charge >= 0.3 is 0 Å². The lowest BCUT2D eigenvalue weighted by atomic mass is 9.84. The summed E-state index contributed by atoms with van der Waals surface area (Å²) in [7, 11) is 0. The van der Waals surface area contributed by atoms with Crippen LogP contribution in [0.5, 0.6) is 5.75 Å². The molecule has 0 spiro atoms. The van der Waals surface area contributed by atoms with Crippen molar-refractivity contribution in [2.75, 3.05) is 19.7 Å². The van der Waals surface area contributed by atoms with Gasteiger partial charge in [0, 0.05) is 12.1 Å². The first-order valence-electron chi connectivity index (χ1n) is 7.86. The molecule has 2 N–H and O–H groups in total. The van der Waals surface area contributed by atoms with E-state index in [9.17, 15) is 0 Å². The molecule has 2 atom stereocenters. The lowest BCUT2D eigenvalue weighted by Gasteiger charge is -2.43. The van der Waals surface area contributed by atoms with Gasteiger partial charge in [-0.15, -0.1) is 0 Å². The van der Waals surface area contributed by atoms with Crippen LogP contribution in [0.1, 0.15) is 45.2 Å². The molecule has 3 heteroatoms. The SMILES string of the molecule is CCOc1ccc(C2C(CN)CCCN2C(C)C)cc1. The zero-order valence-electron chi connectivity index (χ0n) is 13.0. The Balaban J connectivity index is 2.23. The van der Waals surface area contributed by atoms with E-state index < -0.39 is 0 Å². The van der Waals surface area contributed by atoms with Crippen molar-refractivity contribution >= 4 is 0 Å². The summed E-state index contributed by atoms with van der Waals surface area (Å²) in [5, 5.41) is 0. The monoisotopic (exact) mass is 276 g/mol. The molecular weight excluding hydrogens is 248 g/mol. The highest BCUT2D eigenvalue weighted by Crippen LogP contribution is 2.37. The highest BCUT2D eigenvalue weighted by atomic mass is 16.5. The predicted octanol–water partition coefficient (Wildman–Crippen LogP) is 3.21. The summed E-state index contributed by atoms with van der Waals surface area (Å²) < 4.78 is 5.54. The number of nitrogens with two attached hydrogens (primary N) is 1. The van der Waals surface area contributed by atoms with Gasteiger partial charge in [0.2, 0.25) is 0 Å². The van der Waals surface area contributed by atoms with Crippen molar-refractivity contribution in [1.29, 1.82) is 0 Å². The summed E-state index contributed by atoms with van der Waals surface area (Å²) >= 11 is 0. The van der Waals surface area contributed by atoms with Gasteiger partial charge in [-0.2, -0.15) is 0 Å². The van der Waals surface area contributed by atoms with E-state index in [0.29, 0.717) is 24.6 Å². The first kappa shape index (κ1) is 15.3. The number of ether oxygens (including phenoxy) is 1. The standard InChI is InChI=1S/C17H28N2O/c1-4-20-16-9-7-14(8-10-16)17-15(12-18)6-5-11-19(17)13(2)3/h7-10,13,15,17H,4-6,11-12,18H2,1-3H3. The number of benzene rings is 1. The number of nitrogens with zero attached hydrogens (tertiary/aromatic N) is 1. The lowest BCUT2D eigenvalue weighted by Crippen LogP contribution is -2.44. The number of likely N-dealkylation sites (tertiary alicyclic amines) is 1. The quantitative estimate of drug-likeness (QED) is 0.897. The predicted molar refractivity (Wildman–Crippen MR) is 84.0 cm³/mol. The van der Waals surface area contributed by atoms with Crippen LogP contribution >= 0.6 is 0 Å². The average Bonchev–Trinajstić information content (AvgIpc) is 2.47. The van der Waals surface area contributed by atoms with E-state index in [0.717, 1.165) is 12.3 Å². The van der Waals surface area contributed by atoms with Crippen LogP contribution in [0.3, 0.4) is 0 Å². The Morgan fingerprint density at radius 2 is 2.00 bits per heavy atom. The second kappa shape index (κ2) is 7.09. The van der Waals surface area contributed by atoms with E-state index in [1.54, 1.807) is 0 Å². The smallest absolute Gasteiger partial charge is 0.119 e. The molecule has 20 heavy (non-hydrogen) atoms. The first-order valence-corrected chi connectivity index (χ1v) is 7.86. The number of piperidine rings is 1. The van der Waals surface area contributed by atoms with Crippen molar-refractivity contribution in [3.8, 4) is 5.75 Å². The van der Waals surface area contributed by atoms with Crippen LogP contribution in [0.4, 0.5) is 0 Å². The van der Waals surface area contributed by atoms with Gasteiger partial charge in [-0.05, 0) is 70.3 Å². The third-order valence-corrected chi connectivity index (χ3v) is 4.29. The minimum atomic E-state index is 0.449. The van der Waals surface area contributed by atoms with Crippen LogP contribution in [0, 0.1) is 5.92 Å². The van der Waals surface area contributed by atoms with Crippen LogP contribution in [-0.2, 0) is 0 Å².